The summed E-state index contributed by atoms with van der Waals surface area (Å²) in [6, 6.07) is 16.7. The van der Waals surface area contributed by atoms with E-state index in [1.54, 1.807) is 0 Å². The molecule has 200 valence electrons. The fraction of sp³-hybridized carbons (Fsp3) is 0.500. The number of para-hydroxylation sites is 1. The fourth-order valence-corrected chi connectivity index (χ4v) is 4.89. The van der Waals surface area contributed by atoms with E-state index in [0.717, 1.165) is 56.0 Å². The zero-order valence-electron chi connectivity index (χ0n) is 23.3. The first-order valence-electron chi connectivity index (χ1n) is 14.1. The lowest BCUT2D eigenvalue weighted by atomic mass is 9.97. The Hall–Kier alpha value is -3.08. The molecule has 0 radical (unpaired) electrons. The van der Waals surface area contributed by atoms with Crippen molar-refractivity contribution in [2.45, 2.75) is 79.2 Å². The van der Waals surface area contributed by atoms with Gasteiger partial charge in [-0.2, -0.15) is 0 Å². The molecule has 0 fully saturated rings. The number of H-pyrrole nitrogens is 1. The van der Waals surface area contributed by atoms with Gasteiger partial charge in [0.2, 0.25) is 11.8 Å². The SMILES string of the molecule is CCCCC(CC)C(=O)N(CCCC)CC(=O)N(CCc1c[nH]c2ccccc12)Cc1ccc(C)cc1. The second-order valence-electron chi connectivity index (χ2n) is 10.3. The Morgan fingerprint density at radius 1 is 0.892 bits per heavy atom. The molecule has 5 heteroatoms. The van der Waals surface area contributed by atoms with E-state index >= 15 is 0 Å². The van der Waals surface area contributed by atoms with Gasteiger partial charge in [0.1, 0.15) is 0 Å². The number of carbonyl (C=O) groups excluding carboxylic acids is 2. The molecule has 0 saturated heterocycles. The van der Waals surface area contributed by atoms with Gasteiger partial charge in [0.25, 0.3) is 0 Å². The van der Waals surface area contributed by atoms with Crippen molar-refractivity contribution in [3.63, 3.8) is 0 Å². The maximum Gasteiger partial charge on any atom is 0.242 e. The Balaban J connectivity index is 1.78. The molecule has 37 heavy (non-hydrogen) atoms. The summed E-state index contributed by atoms with van der Waals surface area (Å²) in [5.74, 6) is 0.168. The molecular weight excluding hydrogens is 458 g/mol. The minimum absolute atomic E-state index is 0.00127. The van der Waals surface area contributed by atoms with Crippen LogP contribution in [-0.4, -0.2) is 46.2 Å². The van der Waals surface area contributed by atoms with E-state index in [4.69, 9.17) is 0 Å². The van der Waals surface area contributed by atoms with E-state index in [1.165, 1.54) is 16.5 Å². The molecule has 1 unspecified atom stereocenters. The average Bonchev–Trinajstić information content (AvgIpc) is 3.33. The summed E-state index contributed by atoms with van der Waals surface area (Å²) < 4.78 is 0. The van der Waals surface area contributed by atoms with Crippen molar-refractivity contribution >= 4 is 22.7 Å². The number of nitrogens with zero attached hydrogens (tertiary/aromatic N) is 2. The number of fused-ring (bicyclic) bond motifs is 1. The number of benzene rings is 2. The number of unbranched alkanes of at least 4 members (excludes halogenated alkanes) is 2. The van der Waals surface area contributed by atoms with Gasteiger partial charge >= 0.3 is 0 Å². The highest BCUT2D eigenvalue weighted by Crippen LogP contribution is 2.20. The molecule has 1 atom stereocenters. The van der Waals surface area contributed by atoms with Gasteiger partial charge in [-0.15, -0.1) is 0 Å². The first-order chi connectivity index (χ1) is 18.0. The third-order valence-electron chi connectivity index (χ3n) is 7.34. The predicted octanol–water partition coefficient (Wildman–Crippen LogP) is 6.89. The minimum atomic E-state index is 0.00127. The van der Waals surface area contributed by atoms with Gasteiger partial charge in [-0.05, 0) is 49.8 Å². The smallest absolute Gasteiger partial charge is 0.242 e. The molecule has 1 heterocycles. The maximum atomic E-state index is 13.8. The highest BCUT2D eigenvalue weighted by atomic mass is 16.2. The average molecular weight is 504 g/mol. The normalized spacial score (nSPS) is 12.0. The molecule has 1 aromatic heterocycles. The zero-order valence-corrected chi connectivity index (χ0v) is 23.3. The van der Waals surface area contributed by atoms with Crippen LogP contribution in [-0.2, 0) is 22.6 Å². The van der Waals surface area contributed by atoms with Crippen molar-refractivity contribution < 1.29 is 9.59 Å². The summed E-state index contributed by atoms with van der Waals surface area (Å²) in [5.41, 5.74) is 4.64. The van der Waals surface area contributed by atoms with Gasteiger partial charge in [0.15, 0.2) is 0 Å². The topological polar surface area (TPSA) is 56.4 Å². The first kappa shape index (κ1) is 28.5. The van der Waals surface area contributed by atoms with Crippen LogP contribution in [0.1, 0.15) is 76.0 Å². The Labute approximate surface area is 223 Å². The molecule has 0 saturated carbocycles. The molecule has 2 amide bonds. The van der Waals surface area contributed by atoms with E-state index in [1.807, 2.05) is 15.9 Å². The predicted molar refractivity (Wildman–Crippen MR) is 153 cm³/mol. The van der Waals surface area contributed by atoms with Gasteiger partial charge < -0.3 is 14.8 Å². The molecule has 3 rings (SSSR count). The summed E-state index contributed by atoms with van der Waals surface area (Å²) in [4.78, 5) is 34.4. The zero-order chi connectivity index (χ0) is 26.6. The van der Waals surface area contributed by atoms with Crippen LogP contribution in [0, 0.1) is 12.8 Å². The third-order valence-corrected chi connectivity index (χ3v) is 7.34. The third kappa shape index (κ3) is 8.21. The number of carbonyl (C=O) groups is 2. The molecule has 0 spiro atoms. The number of rotatable bonds is 15. The Morgan fingerprint density at radius 3 is 2.32 bits per heavy atom. The van der Waals surface area contributed by atoms with Crippen molar-refractivity contribution in [3.8, 4) is 0 Å². The number of aromatic nitrogens is 1. The van der Waals surface area contributed by atoms with Gasteiger partial charge in [0, 0.05) is 42.7 Å². The number of aromatic amines is 1. The van der Waals surface area contributed by atoms with Crippen molar-refractivity contribution in [1.82, 2.24) is 14.8 Å². The molecular formula is C32H45N3O2. The lowest BCUT2D eigenvalue weighted by Gasteiger charge is -2.30. The molecule has 1 N–H and O–H groups in total. The van der Waals surface area contributed by atoms with E-state index in [9.17, 15) is 9.59 Å². The second kappa shape index (κ2) is 14.6. The molecule has 0 bridgehead atoms. The number of nitrogens with one attached hydrogen (secondary N) is 1. The van der Waals surface area contributed by atoms with Crippen LogP contribution in [0.15, 0.2) is 54.7 Å². The molecule has 0 aliphatic heterocycles. The standard InChI is InChI=1S/C32H45N3O2/c1-5-8-12-27(7-3)32(37)35(20-9-6-2)24-31(36)34(23-26-17-15-25(4)16-18-26)21-19-28-22-33-30-14-11-10-13-29(28)30/h10-11,13-18,22,27,33H,5-9,12,19-21,23-24H2,1-4H3. The summed E-state index contributed by atoms with van der Waals surface area (Å²) in [7, 11) is 0. The largest absolute Gasteiger partial charge is 0.361 e. The van der Waals surface area contributed by atoms with Crippen molar-refractivity contribution in [1.29, 1.82) is 0 Å². The van der Waals surface area contributed by atoms with E-state index in [0.29, 0.717) is 19.6 Å². The van der Waals surface area contributed by atoms with Crippen LogP contribution in [0.3, 0.4) is 0 Å². The molecule has 3 aromatic rings. The Bertz CT molecular complexity index is 1120. The number of amides is 2. The lowest BCUT2D eigenvalue weighted by Crippen LogP contribution is -2.45. The second-order valence-corrected chi connectivity index (χ2v) is 10.3. The molecule has 2 aromatic carbocycles. The van der Waals surface area contributed by atoms with Gasteiger partial charge in [-0.3, -0.25) is 9.59 Å². The summed E-state index contributed by atoms with van der Waals surface area (Å²) in [6.07, 6.45) is 8.57. The molecule has 0 aliphatic carbocycles. The van der Waals surface area contributed by atoms with Crippen LogP contribution in [0.2, 0.25) is 0 Å². The van der Waals surface area contributed by atoms with E-state index in [-0.39, 0.29) is 24.3 Å². The van der Waals surface area contributed by atoms with E-state index in [2.05, 4.69) is 81.3 Å². The summed E-state index contributed by atoms with van der Waals surface area (Å²) >= 11 is 0. The highest BCUT2D eigenvalue weighted by molar-refractivity contribution is 5.86. The molecule has 5 nitrogen and oxygen atoms in total. The fourth-order valence-electron chi connectivity index (χ4n) is 4.89. The number of aryl methyl sites for hydroxylation is 1. The van der Waals surface area contributed by atoms with Gasteiger partial charge in [0.05, 0.1) is 6.54 Å². The van der Waals surface area contributed by atoms with Crippen LogP contribution < -0.4 is 0 Å². The lowest BCUT2D eigenvalue weighted by molar-refractivity contribution is -0.143. The van der Waals surface area contributed by atoms with Crippen molar-refractivity contribution in [2.24, 2.45) is 5.92 Å². The quantitative estimate of drug-likeness (QED) is 0.245. The Morgan fingerprint density at radius 2 is 1.62 bits per heavy atom. The van der Waals surface area contributed by atoms with Gasteiger partial charge in [-0.25, -0.2) is 0 Å². The number of hydrogen-bond donors (Lipinski definition) is 1. The summed E-state index contributed by atoms with van der Waals surface area (Å²) in [6.45, 7) is 10.4. The van der Waals surface area contributed by atoms with Crippen LogP contribution >= 0.6 is 0 Å². The first-order valence-corrected chi connectivity index (χ1v) is 14.1. The minimum Gasteiger partial charge on any atom is -0.361 e. The van der Waals surface area contributed by atoms with Crippen molar-refractivity contribution in [3.05, 3.63) is 71.4 Å². The monoisotopic (exact) mass is 503 g/mol. The van der Waals surface area contributed by atoms with E-state index < -0.39 is 0 Å². The van der Waals surface area contributed by atoms with Crippen LogP contribution in [0.5, 0.6) is 0 Å². The Kier molecular flexibility index (Phi) is 11.2. The number of hydrogen-bond acceptors (Lipinski definition) is 2. The highest BCUT2D eigenvalue weighted by Gasteiger charge is 2.26. The summed E-state index contributed by atoms with van der Waals surface area (Å²) in [5, 5.41) is 1.20. The van der Waals surface area contributed by atoms with Crippen molar-refractivity contribution in [2.75, 3.05) is 19.6 Å². The van der Waals surface area contributed by atoms with Crippen LogP contribution in [0.25, 0.3) is 10.9 Å². The maximum absolute atomic E-state index is 13.8. The van der Waals surface area contributed by atoms with Crippen LogP contribution in [0.4, 0.5) is 0 Å². The van der Waals surface area contributed by atoms with Gasteiger partial charge in [-0.1, -0.05) is 88.1 Å². The molecule has 0 aliphatic rings.